The van der Waals surface area contributed by atoms with Crippen LogP contribution in [0.25, 0.3) is 0 Å². The van der Waals surface area contributed by atoms with E-state index in [0.717, 1.165) is 29.9 Å². The largest absolute Gasteiger partial charge is 0.393 e. The number of aliphatic hydroxyl groups is 1. The lowest BCUT2D eigenvalue weighted by atomic mass is 9.94. The Hall–Kier alpha value is -2.14. The number of halogens is 2. The van der Waals surface area contributed by atoms with Crippen LogP contribution in [0.4, 0.5) is 10.1 Å². The summed E-state index contributed by atoms with van der Waals surface area (Å²) < 4.78 is 16.2. The highest BCUT2D eigenvalue weighted by Gasteiger charge is 2.34. The predicted molar refractivity (Wildman–Crippen MR) is 108 cm³/mol. The quantitative estimate of drug-likeness (QED) is 0.610. The van der Waals surface area contributed by atoms with Crippen LogP contribution in [-0.4, -0.2) is 70.8 Å². The number of nitrogens with zero attached hydrogens (tertiary/aromatic N) is 5. The van der Waals surface area contributed by atoms with Gasteiger partial charge >= 0.3 is 0 Å². The van der Waals surface area contributed by atoms with Crippen LogP contribution < -0.4 is 4.90 Å². The molecule has 0 amide bonds. The Labute approximate surface area is 169 Å². The summed E-state index contributed by atoms with van der Waals surface area (Å²) in [4.78, 5) is 8.29. The van der Waals surface area contributed by atoms with Crippen molar-refractivity contribution in [3.8, 4) is 11.8 Å². The van der Waals surface area contributed by atoms with Gasteiger partial charge in [-0.1, -0.05) is 23.4 Å². The summed E-state index contributed by atoms with van der Waals surface area (Å²) in [5.41, 5.74) is 0.898. The van der Waals surface area contributed by atoms with Gasteiger partial charge in [0.15, 0.2) is 0 Å². The maximum absolute atomic E-state index is 14.3. The second-order valence-corrected chi connectivity index (χ2v) is 7.75. The van der Waals surface area contributed by atoms with Crippen molar-refractivity contribution in [1.82, 2.24) is 19.7 Å². The monoisotopic (exact) mass is 405 g/mol. The first kappa shape index (κ1) is 20.6. The van der Waals surface area contributed by atoms with Crippen LogP contribution in [0.5, 0.6) is 0 Å². The number of rotatable bonds is 5. The number of pyridine rings is 1. The van der Waals surface area contributed by atoms with Crippen molar-refractivity contribution in [2.45, 2.75) is 25.1 Å². The molecule has 0 atom stereocenters. The number of aromatic nitrogens is 3. The fourth-order valence-electron chi connectivity index (χ4n) is 3.08. The Morgan fingerprint density at radius 2 is 2.04 bits per heavy atom. The Bertz CT molecular complexity index is 865. The van der Waals surface area contributed by atoms with Crippen molar-refractivity contribution >= 4 is 17.3 Å². The SMILES string of the molecule is CN(C)CCn1cc(C#Cc2cnc(Cl)cc2N2CCC(F)(CO)CC2)cn1. The number of anilines is 1. The zero-order valence-corrected chi connectivity index (χ0v) is 17.0. The van der Waals surface area contributed by atoms with E-state index in [-0.39, 0.29) is 12.8 Å². The van der Waals surface area contributed by atoms with Crippen LogP contribution in [-0.2, 0) is 6.54 Å². The smallest absolute Gasteiger partial charge is 0.137 e. The van der Waals surface area contributed by atoms with Gasteiger partial charge in [0.1, 0.15) is 10.8 Å². The molecule has 0 unspecified atom stereocenters. The van der Waals surface area contributed by atoms with Gasteiger partial charge in [-0.2, -0.15) is 5.10 Å². The zero-order chi connectivity index (χ0) is 20.1. The number of alkyl halides is 1. The number of likely N-dealkylation sites (N-methyl/N-ethyl adjacent to an activating group) is 1. The lowest BCUT2D eigenvalue weighted by molar-refractivity contribution is 0.0481. The van der Waals surface area contributed by atoms with Crippen molar-refractivity contribution in [3.05, 3.63) is 40.9 Å². The number of hydrogen-bond donors (Lipinski definition) is 1. The maximum Gasteiger partial charge on any atom is 0.137 e. The molecule has 2 aromatic rings. The fraction of sp³-hybridized carbons (Fsp3) is 0.500. The molecule has 0 aromatic carbocycles. The molecule has 28 heavy (non-hydrogen) atoms. The van der Waals surface area contributed by atoms with E-state index in [9.17, 15) is 9.50 Å². The van der Waals surface area contributed by atoms with Crippen LogP contribution in [0, 0.1) is 11.8 Å². The molecule has 3 rings (SSSR count). The molecule has 0 bridgehead atoms. The summed E-state index contributed by atoms with van der Waals surface area (Å²) in [5, 5.41) is 13.9. The minimum Gasteiger partial charge on any atom is -0.393 e. The number of aliphatic hydroxyl groups excluding tert-OH is 1. The van der Waals surface area contributed by atoms with Crippen molar-refractivity contribution in [3.63, 3.8) is 0 Å². The summed E-state index contributed by atoms with van der Waals surface area (Å²) >= 11 is 6.08. The van der Waals surface area contributed by atoms with E-state index in [2.05, 4.69) is 26.8 Å². The van der Waals surface area contributed by atoms with E-state index in [4.69, 9.17) is 11.6 Å². The molecule has 1 N–H and O–H groups in total. The highest BCUT2D eigenvalue weighted by atomic mass is 35.5. The second-order valence-electron chi connectivity index (χ2n) is 7.37. The molecular weight excluding hydrogens is 381 g/mol. The van der Waals surface area contributed by atoms with Crippen molar-refractivity contribution in [1.29, 1.82) is 0 Å². The summed E-state index contributed by atoms with van der Waals surface area (Å²) in [5.74, 6) is 6.27. The molecule has 3 heterocycles. The molecule has 1 saturated heterocycles. The molecule has 8 heteroatoms. The molecule has 0 spiro atoms. The lowest BCUT2D eigenvalue weighted by Crippen LogP contribution is -2.44. The van der Waals surface area contributed by atoms with Crippen LogP contribution in [0.15, 0.2) is 24.7 Å². The van der Waals surface area contributed by atoms with Crippen molar-refractivity contribution in [2.24, 2.45) is 0 Å². The topological polar surface area (TPSA) is 57.4 Å². The van der Waals surface area contributed by atoms with Crippen molar-refractivity contribution in [2.75, 3.05) is 45.2 Å². The Kier molecular flexibility index (Phi) is 6.55. The van der Waals surface area contributed by atoms with E-state index in [1.165, 1.54) is 0 Å². The molecular formula is C20H25ClFN5O. The summed E-state index contributed by atoms with van der Waals surface area (Å²) in [7, 11) is 4.04. The average molecular weight is 406 g/mol. The second kappa shape index (κ2) is 8.91. The lowest BCUT2D eigenvalue weighted by Gasteiger charge is -2.37. The third-order valence-electron chi connectivity index (χ3n) is 4.88. The summed E-state index contributed by atoms with van der Waals surface area (Å²) in [6.07, 6.45) is 5.85. The van der Waals surface area contributed by atoms with Gasteiger partial charge in [-0.25, -0.2) is 9.37 Å². The van der Waals surface area contributed by atoms with E-state index in [1.807, 2.05) is 29.9 Å². The van der Waals surface area contributed by atoms with Gasteiger partial charge < -0.3 is 14.9 Å². The first-order valence-electron chi connectivity index (χ1n) is 9.28. The molecule has 2 aromatic heterocycles. The van der Waals surface area contributed by atoms with E-state index in [1.54, 1.807) is 18.5 Å². The molecule has 1 fully saturated rings. The Morgan fingerprint density at radius 1 is 1.29 bits per heavy atom. The van der Waals surface area contributed by atoms with Gasteiger partial charge in [0.2, 0.25) is 0 Å². The normalized spacial score (nSPS) is 16.1. The molecule has 0 radical (unpaired) electrons. The summed E-state index contributed by atoms with van der Waals surface area (Å²) in [6.45, 7) is 2.25. The third-order valence-corrected chi connectivity index (χ3v) is 5.09. The number of hydrogen-bond acceptors (Lipinski definition) is 5. The van der Waals surface area contributed by atoms with Gasteiger partial charge in [-0.05, 0) is 14.1 Å². The standard InChI is InChI=1S/C20H25ClFN5O/c1-25(2)9-10-27-14-16(12-24-27)3-4-17-13-23-19(21)11-18(17)26-7-5-20(22,15-28)6-8-26/h11-14,28H,5-10,15H2,1-2H3. The maximum atomic E-state index is 14.3. The third kappa shape index (κ3) is 5.22. The molecule has 1 aliphatic rings. The highest BCUT2D eigenvalue weighted by molar-refractivity contribution is 6.29. The van der Waals surface area contributed by atoms with Gasteiger partial charge in [-0.3, -0.25) is 4.68 Å². The zero-order valence-electron chi connectivity index (χ0n) is 16.2. The fourth-order valence-corrected chi connectivity index (χ4v) is 3.23. The molecule has 0 aliphatic carbocycles. The highest BCUT2D eigenvalue weighted by Crippen LogP contribution is 2.31. The van der Waals surface area contributed by atoms with Crippen LogP contribution >= 0.6 is 11.6 Å². The van der Waals surface area contributed by atoms with E-state index in [0.29, 0.717) is 18.2 Å². The molecule has 0 saturated carbocycles. The van der Waals surface area contributed by atoms with E-state index < -0.39 is 12.3 Å². The predicted octanol–water partition coefficient (Wildman–Crippen LogP) is 2.19. The molecule has 6 nitrogen and oxygen atoms in total. The van der Waals surface area contributed by atoms with Gasteiger partial charge in [-0.15, -0.1) is 0 Å². The van der Waals surface area contributed by atoms with Crippen LogP contribution in [0.1, 0.15) is 24.0 Å². The minimum absolute atomic E-state index is 0.273. The van der Waals surface area contributed by atoms with Gasteiger partial charge in [0.25, 0.3) is 0 Å². The Balaban J connectivity index is 1.76. The summed E-state index contributed by atoms with van der Waals surface area (Å²) in [6, 6.07) is 1.76. The minimum atomic E-state index is -1.50. The van der Waals surface area contributed by atoms with Crippen molar-refractivity contribution < 1.29 is 9.50 Å². The van der Waals surface area contributed by atoms with Gasteiger partial charge in [0.05, 0.1) is 36.2 Å². The Morgan fingerprint density at radius 3 is 2.71 bits per heavy atom. The number of piperidine rings is 1. The molecule has 1 aliphatic heterocycles. The first-order valence-corrected chi connectivity index (χ1v) is 9.66. The van der Waals surface area contributed by atoms with Gasteiger partial charge in [0, 0.05) is 50.9 Å². The van der Waals surface area contributed by atoms with Crippen LogP contribution in [0.3, 0.4) is 0 Å². The molecule has 150 valence electrons. The average Bonchev–Trinajstić information content (AvgIpc) is 3.14. The first-order chi connectivity index (χ1) is 13.4. The van der Waals surface area contributed by atoms with E-state index >= 15 is 0 Å². The van der Waals surface area contributed by atoms with Crippen LogP contribution in [0.2, 0.25) is 5.15 Å².